The van der Waals surface area contributed by atoms with Crippen molar-refractivity contribution in [3.63, 3.8) is 0 Å². The van der Waals surface area contributed by atoms with E-state index in [1.165, 1.54) is 6.07 Å². The van der Waals surface area contributed by atoms with Crippen LogP contribution in [0.3, 0.4) is 0 Å². The third-order valence-electron chi connectivity index (χ3n) is 3.90. The Morgan fingerprint density at radius 2 is 2.22 bits per heavy atom. The summed E-state index contributed by atoms with van der Waals surface area (Å²) >= 11 is 0. The van der Waals surface area contributed by atoms with Crippen LogP contribution in [0.25, 0.3) is 10.9 Å². The second kappa shape index (κ2) is 4.56. The SMILES string of the molecule is O=C1CCCCC1Cc1c[nH]c2c(F)cccc12. The fourth-order valence-electron chi connectivity index (χ4n) is 2.88. The monoisotopic (exact) mass is 245 g/mol. The van der Waals surface area contributed by atoms with Gasteiger partial charge in [0.1, 0.15) is 11.6 Å². The van der Waals surface area contributed by atoms with Gasteiger partial charge in [0.15, 0.2) is 0 Å². The molecule has 2 nitrogen and oxygen atoms in total. The average molecular weight is 245 g/mol. The van der Waals surface area contributed by atoms with Gasteiger partial charge in [0.05, 0.1) is 5.52 Å². The van der Waals surface area contributed by atoms with Gasteiger partial charge in [-0.05, 0) is 30.9 Å². The van der Waals surface area contributed by atoms with E-state index in [0.717, 1.165) is 36.6 Å². The lowest BCUT2D eigenvalue weighted by Crippen LogP contribution is -2.20. The van der Waals surface area contributed by atoms with E-state index in [4.69, 9.17) is 0 Å². The zero-order chi connectivity index (χ0) is 12.5. The van der Waals surface area contributed by atoms with Gasteiger partial charge in [-0.2, -0.15) is 0 Å². The van der Waals surface area contributed by atoms with Crippen LogP contribution in [0.5, 0.6) is 0 Å². The fraction of sp³-hybridized carbons (Fsp3) is 0.400. The zero-order valence-corrected chi connectivity index (χ0v) is 10.2. The van der Waals surface area contributed by atoms with Gasteiger partial charge < -0.3 is 4.98 Å². The number of hydrogen-bond donors (Lipinski definition) is 1. The van der Waals surface area contributed by atoms with Gasteiger partial charge in [0, 0.05) is 23.9 Å². The maximum Gasteiger partial charge on any atom is 0.147 e. The molecule has 1 heterocycles. The molecule has 0 spiro atoms. The van der Waals surface area contributed by atoms with Gasteiger partial charge in [0.2, 0.25) is 0 Å². The summed E-state index contributed by atoms with van der Waals surface area (Å²) in [5.74, 6) is 0.266. The largest absolute Gasteiger partial charge is 0.359 e. The molecule has 0 radical (unpaired) electrons. The molecule has 0 aliphatic heterocycles. The topological polar surface area (TPSA) is 32.9 Å². The van der Waals surface area contributed by atoms with Gasteiger partial charge in [-0.1, -0.05) is 18.6 Å². The van der Waals surface area contributed by atoms with Gasteiger partial charge in [-0.3, -0.25) is 4.79 Å². The number of rotatable bonds is 2. The Hall–Kier alpha value is -1.64. The molecule has 3 heteroatoms. The average Bonchev–Trinajstić information content (AvgIpc) is 2.77. The fourth-order valence-corrected chi connectivity index (χ4v) is 2.88. The lowest BCUT2D eigenvalue weighted by molar-refractivity contribution is -0.124. The summed E-state index contributed by atoms with van der Waals surface area (Å²) in [4.78, 5) is 14.8. The summed E-state index contributed by atoms with van der Waals surface area (Å²) < 4.78 is 13.6. The van der Waals surface area contributed by atoms with Crippen molar-refractivity contribution in [2.24, 2.45) is 5.92 Å². The molecule has 94 valence electrons. The number of carbonyl (C=O) groups excluding carboxylic acids is 1. The van der Waals surface area contributed by atoms with Crippen molar-refractivity contribution in [3.8, 4) is 0 Å². The lowest BCUT2D eigenvalue weighted by Gasteiger charge is -2.19. The summed E-state index contributed by atoms with van der Waals surface area (Å²) in [5, 5.41) is 0.911. The molecule has 3 rings (SSSR count). The molecule has 1 aliphatic carbocycles. The van der Waals surface area contributed by atoms with Gasteiger partial charge in [-0.25, -0.2) is 4.39 Å². The zero-order valence-electron chi connectivity index (χ0n) is 10.2. The number of ketones is 1. The predicted octanol–water partition coefficient (Wildman–Crippen LogP) is 3.61. The maximum absolute atomic E-state index is 13.6. The molecule has 18 heavy (non-hydrogen) atoms. The molecule has 1 atom stereocenters. The van der Waals surface area contributed by atoms with Gasteiger partial charge in [-0.15, -0.1) is 0 Å². The minimum atomic E-state index is -0.228. The number of aromatic amines is 1. The van der Waals surface area contributed by atoms with E-state index in [1.807, 2.05) is 12.3 Å². The number of fused-ring (bicyclic) bond motifs is 1. The Morgan fingerprint density at radius 1 is 1.33 bits per heavy atom. The van der Waals surface area contributed by atoms with E-state index in [-0.39, 0.29) is 11.7 Å². The van der Waals surface area contributed by atoms with Crippen LogP contribution in [0.1, 0.15) is 31.2 Å². The smallest absolute Gasteiger partial charge is 0.147 e. The van der Waals surface area contributed by atoms with E-state index >= 15 is 0 Å². The summed E-state index contributed by atoms with van der Waals surface area (Å²) in [6.45, 7) is 0. The molecule has 2 aromatic rings. The van der Waals surface area contributed by atoms with E-state index in [0.29, 0.717) is 17.7 Å². The standard InChI is InChI=1S/C15H16FNO/c16-13-6-3-5-12-11(9-17-15(12)13)8-10-4-1-2-7-14(10)18/h3,5-6,9-10,17H,1-2,4,7-8H2. The van der Waals surface area contributed by atoms with Crippen molar-refractivity contribution in [1.82, 2.24) is 4.98 Å². The third-order valence-corrected chi connectivity index (χ3v) is 3.90. The number of nitrogens with one attached hydrogen (secondary N) is 1. The van der Waals surface area contributed by atoms with Crippen molar-refractivity contribution < 1.29 is 9.18 Å². The quantitative estimate of drug-likeness (QED) is 0.861. The number of carbonyl (C=O) groups is 1. The normalized spacial score (nSPS) is 20.5. The van der Waals surface area contributed by atoms with E-state index in [1.54, 1.807) is 6.07 Å². The minimum Gasteiger partial charge on any atom is -0.359 e. The Morgan fingerprint density at radius 3 is 3.06 bits per heavy atom. The lowest BCUT2D eigenvalue weighted by atomic mass is 9.84. The molecular formula is C15H16FNO. The number of hydrogen-bond acceptors (Lipinski definition) is 1. The number of H-pyrrole nitrogens is 1. The van der Waals surface area contributed by atoms with Crippen LogP contribution in [0, 0.1) is 11.7 Å². The number of para-hydroxylation sites is 1. The van der Waals surface area contributed by atoms with Crippen molar-refractivity contribution >= 4 is 16.7 Å². The number of halogens is 1. The molecule has 0 bridgehead atoms. The van der Waals surface area contributed by atoms with Crippen molar-refractivity contribution in [1.29, 1.82) is 0 Å². The van der Waals surface area contributed by atoms with E-state index in [9.17, 15) is 9.18 Å². The molecule has 0 amide bonds. The first-order valence-corrected chi connectivity index (χ1v) is 6.53. The van der Waals surface area contributed by atoms with Gasteiger partial charge in [0.25, 0.3) is 0 Å². The first kappa shape index (κ1) is 11.5. The highest BCUT2D eigenvalue weighted by atomic mass is 19.1. The summed E-state index contributed by atoms with van der Waals surface area (Å²) in [7, 11) is 0. The summed E-state index contributed by atoms with van der Waals surface area (Å²) in [5.41, 5.74) is 1.61. The highest BCUT2D eigenvalue weighted by Crippen LogP contribution is 2.28. The number of benzene rings is 1. The molecule has 1 aromatic carbocycles. The van der Waals surface area contributed by atoms with Crippen molar-refractivity contribution in [2.45, 2.75) is 32.1 Å². The van der Waals surface area contributed by atoms with Crippen LogP contribution in [-0.2, 0) is 11.2 Å². The molecule has 1 saturated carbocycles. The van der Waals surface area contributed by atoms with E-state index in [2.05, 4.69) is 4.98 Å². The molecule has 0 saturated heterocycles. The third kappa shape index (κ3) is 1.94. The Labute approximate surface area is 105 Å². The molecule has 1 unspecified atom stereocenters. The molecular weight excluding hydrogens is 229 g/mol. The maximum atomic E-state index is 13.6. The number of Topliss-reactive ketones (excluding diaryl/α,β-unsaturated/α-hetero) is 1. The van der Waals surface area contributed by atoms with Crippen LogP contribution >= 0.6 is 0 Å². The van der Waals surface area contributed by atoms with Crippen molar-refractivity contribution in [2.75, 3.05) is 0 Å². The van der Waals surface area contributed by atoms with Crippen LogP contribution in [-0.4, -0.2) is 10.8 Å². The second-order valence-electron chi connectivity index (χ2n) is 5.09. The van der Waals surface area contributed by atoms with E-state index < -0.39 is 0 Å². The molecule has 1 aromatic heterocycles. The highest BCUT2D eigenvalue weighted by Gasteiger charge is 2.23. The molecule has 1 N–H and O–H groups in total. The Balaban J connectivity index is 1.91. The predicted molar refractivity (Wildman–Crippen MR) is 68.9 cm³/mol. The number of aromatic nitrogens is 1. The van der Waals surface area contributed by atoms with Crippen LogP contribution in [0.2, 0.25) is 0 Å². The first-order chi connectivity index (χ1) is 8.75. The van der Waals surface area contributed by atoms with Crippen LogP contribution in [0.15, 0.2) is 24.4 Å². The van der Waals surface area contributed by atoms with Gasteiger partial charge >= 0.3 is 0 Å². The Bertz CT molecular complexity index is 587. The Kier molecular flexibility index (Phi) is 2.90. The first-order valence-electron chi connectivity index (χ1n) is 6.53. The highest BCUT2D eigenvalue weighted by molar-refractivity contribution is 5.86. The second-order valence-corrected chi connectivity index (χ2v) is 5.09. The molecule has 1 fully saturated rings. The molecule has 1 aliphatic rings. The van der Waals surface area contributed by atoms with Crippen molar-refractivity contribution in [3.05, 3.63) is 35.8 Å². The van der Waals surface area contributed by atoms with Crippen LogP contribution in [0.4, 0.5) is 4.39 Å². The summed E-state index contributed by atoms with van der Waals surface area (Å²) in [6.07, 6.45) is 6.42. The minimum absolute atomic E-state index is 0.126. The van der Waals surface area contributed by atoms with Crippen LogP contribution < -0.4 is 0 Å². The summed E-state index contributed by atoms with van der Waals surface area (Å²) in [6, 6.07) is 5.09.